The molecule has 0 spiro atoms. The van der Waals surface area contributed by atoms with Crippen molar-refractivity contribution in [1.29, 1.82) is 0 Å². The third-order valence-electron chi connectivity index (χ3n) is 4.56. The first-order valence-electron chi connectivity index (χ1n) is 9.39. The van der Waals surface area contributed by atoms with Crippen molar-refractivity contribution in [2.75, 3.05) is 6.61 Å². The summed E-state index contributed by atoms with van der Waals surface area (Å²) in [4.78, 5) is 23.2. The van der Waals surface area contributed by atoms with Gasteiger partial charge in [-0.3, -0.25) is 4.79 Å². The zero-order valence-electron chi connectivity index (χ0n) is 16.0. The van der Waals surface area contributed by atoms with Crippen LogP contribution in [0, 0.1) is 0 Å². The Labute approximate surface area is 172 Å². The van der Waals surface area contributed by atoms with Crippen molar-refractivity contribution in [3.8, 4) is 17.1 Å². The summed E-state index contributed by atoms with van der Waals surface area (Å²) < 4.78 is 11.1. The van der Waals surface area contributed by atoms with Gasteiger partial charge in [-0.15, -0.1) is 0 Å². The van der Waals surface area contributed by atoms with Crippen LogP contribution in [-0.4, -0.2) is 23.6 Å². The van der Waals surface area contributed by atoms with Crippen LogP contribution in [0.4, 0.5) is 0 Å². The highest BCUT2D eigenvalue weighted by atomic mass is 16.5. The molecule has 0 aliphatic heterocycles. The molecule has 4 aromatic rings. The van der Waals surface area contributed by atoms with Gasteiger partial charge < -0.3 is 19.6 Å². The summed E-state index contributed by atoms with van der Waals surface area (Å²) in [5.41, 5.74) is 2.98. The van der Waals surface area contributed by atoms with Crippen LogP contribution in [0.15, 0.2) is 83.3 Å². The van der Waals surface area contributed by atoms with Gasteiger partial charge >= 0.3 is 5.97 Å². The highest BCUT2D eigenvalue weighted by molar-refractivity contribution is 5.98. The smallest absolute Gasteiger partial charge is 0.341 e. The highest BCUT2D eigenvalue weighted by Crippen LogP contribution is 2.30. The molecule has 0 bridgehead atoms. The van der Waals surface area contributed by atoms with Gasteiger partial charge in [0.05, 0.1) is 0 Å². The fourth-order valence-corrected chi connectivity index (χ4v) is 3.09. The number of carbonyl (C=O) groups is 2. The lowest BCUT2D eigenvalue weighted by molar-refractivity contribution is -0.139. The van der Waals surface area contributed by atoms with Crippen molar-refractivity contribution in [3.05, 3.63) is 90.0 Å². The number of nitrogens with one attached hydrogen (secondary N) is 1. The molecule has 3 aromatic carbocycles. The van der Waals surface area contributed by atoms with Crippen molar-refractivity contribution < 1.29 is 23.8 Å². The van der Waals surface area contributed by atoms with Crippen LogP contribution in [0.5, 0.6) is 5.75 Å². The SMILES string of the molecule is O=C(O)COc1cccc(-c2cc3cc(C(=O)NCc4ccccc4)ccc3o2)c1. The van der Waals surface area contributed by atoms with E-state index in [9.17, 15) is 9.59 Å². The van der Waals surface area contributed by atoms with Gasteiger partial charge in [0, 0.05) is 23.1 Å². The van der Waals surface area contributed by atoms with Gasteiger partial charge in [0.15, 0.2) is 6.61 Å². The lowest BCUT2D eigenvalue weighted by Gasteiger charge is -2.05. The predicted molar refractivity (Wildman–Crippen MR) is 112 cm³/mol. The van der Waals surface area contributed by atoms with Gasteiger partial charge in [-0.25, -0.2) is 4.79 Å². The van der Waals surface area contributed by atoms with Gasteiger partial charge in [0.2, 0.25) is 0 Å². The summed E-state index contributed by atoms with van der Waals surface area (Å²) in [7, 11) is 0. The fourth-order valence-electron chi connectivity index (χ4n) is 3.09. The number of carbonyl (C=O) groups excluding carboxylic acids is 1. The van der Waals surface area contributed by atoms with E-state index in [0.29, 0.717) is 29.2 Å². The van der Waals surface area contributed by atoms with E-state index in [1.165, 1.54) is 0 Å². The number of ether oxygens (including phenoxy) is 1. The third-order valence-corrected chi connectivity index (χ3v) is 4.56. The molecule has 0 saturated carbocycles. The fraction of sp³-hybridized carbons (Fsp3) is 0.0833. The molecule has 0 aliphatic rings. The molecule has 1 amide bonds. The molecule has 1 heterocycles. The van der Waals surface area contributed by atoms with E-state index in [0.717, 1.165) is 16.5 Å². The number of aliphatic carboxylic acids is 1. The molecule has 1 aromatic heterocycles. The van der Waals surface area contributed by atoms with Gasteiger partial charge in [0.1, 0.15) is 17.1 Å². The second-order valence-electron chi connectivity index (χ2n) is 6.74. The van der Waals surface area contributed by atoms with E-state index in [-0.39, 0.29) is 5.91 Å². The number of furan rings is 1. The zero-order chi connectivity index (χ0) is 20.9. The Hall–Kier alpha value is -4.06. The zero-order valence-corrected chi connectivity index (χ0v) is 16.0. The first kappa shape index (κ1) is 19.3. The third kappa shape index (κ3) is 4.50. The molecule has 0 atom stereocenters. The molecule has 0 aliphatic carbocycles. The average molecular weight is 401 g/mol. The van der Waals surface area contributed by atoms with E-state index in [4.69, 9.17) is 14.3 Å². The highest BCUT2D eigenvalue weighted by Gasteiger charge is 2.11. The number of amides is 1. The topological polar surface area (TPSA) is 88.8 Å². The maximum absolute atomic E-state index is 12.5. The number of benzene rings is 3. The van der Waals surface area contributed by atoms with Crippen LogP contribution in [0.25, 0.3) is 22.3 Å². The Kier molecular flexibility index (Phi) is 5.48. The molecule has 0 fully saturated rings. The minimum atomic E-state index is -1.04. The predicted octanol–water partition coefficient (Wildman–Crippen LogP) is 4.49. The molecule has 2 N–H and O–H groups in total. The van der Waals surface area contributed by atoms with Crippen LogP contribution in [0.2, 0.25) is 0 Å². The number of hydrogen-bond acceptors (Lipinski definition) is 4. The Morgan fingerprint density at radius 1 is 0.933 bits per heavy atom. The van der Waals surface area contributed by atoms with Crippen LogP contribution in [-0.2, 0) is 11.3 Å². The van der Waals surface area contributed by atoms with Crippen LogP contribution in [0.1, 0.15) is 15.9 Å². The summed E-state index contributed by atoms with van der Waals surface area (Å²) >= 11 is 0. The molecule has 150 valence electrons. The number of fused-ring (bicyclic) bond motifs is 1. The normalized spacial score (nSPS) is 10.7. The Balaban J connectivity index is 1.52. The Morgan fingerprint density at radius 3 is 2.57 bits per heavy atom. The number of hydrogen-bond donors (Lipinski definition) is 2. The van der Waals surface area contributed by atoms with Gasteiger partial charge in [-0.2, -0.15) is 0 Å². The summed E-state index contributed by atoms with van der Waals surface area (Å²) in [6.45, 7) is 0.0442. The molecular weight excluding hydrogens is 382 g/mol. The van der Waals surface area contributed by atoms with E-state index in [1.807, 2.05) is 42.5 Å². The number of rotatable bonds is 7. The van der Waals surface area contributed by atoms with Crippen LogP contribution >= 0.6 is 0 Å². The minimum Gasteiger partial charge on any atom is -0.482 e. The Morgan fingerprint density at radius 2 is 1.77 bits per heavy atom. The molecule has 6 nitrogen and oxygen atoms in total. The van der Waals surface area contributed by atoms with Crippen molar-refractivity contribution in [2.24, 2.45) is 0 Å². The molecule has 30 heavy (non-hydrogen) atoms. The maximum Gasteiger partial charge on any atom is 0.341 e. The van der Waals surface area contributed by atoms with E-state index < -0.39 is 12.6 Å². The first-order valence-corrected chi connectivity index (χ1v) is 9.39. The van der Waals surface area contributed by atoms with E-state index in [2.05, 4.69) is 5.32 Å². The number of carboxylic acid groups (broad SMARTS) is 1. The summed E-state index contributed by atoms with van der Waals surface area (Å²) in [5, 5.41) is 12.5. The maximum atomic E-state index is 12.5. The van der Waals surface area contributed by atoms with E-state index >= 15 is 0 Å². The largest absolute Gasteiger partial charge is 0.482 e. The van der Waals surface area contributed by atoms with Crippen molar-refractivity contribution in [3.63, 3.8) is 0 Å². The quantitative estimate of drug-likeness (QED) is 0.476. The Bertz CT molecular complexity index is 1200. The molecular formula is C24H19NO5. The lowest BCUT2D eigenvalue weighted by atomic mass is 10.1. The van der Waals surface area contributed by atoms with Crippen LogP contribution < -0.4 is 10.1 Å². The second kappa shape index (κ2) is 8.53. The molecule has 0 unspecified atom stereocenters. The summed E-state index contributed by atoms with van der Waals surface area (Å²) in [6.07, 6.45) is 0. The molecule has 4 rings (SSSR count). The first-order chi connectivity index (χ1) is 14.6. The summed E-state index contributed by atoms with van der Waals surface area (Å²) in [6, 6.07) is 23.9. The van der Waals surface area contributed by atoms with Crippen molar-refractivity contribution in [2.45, 2.75) is 6.54 Å². The second-order valence-corrected chi connectivity index (χ2v) is 6.74. The monoisotopic (exact) mass is 401 g/mol. The summed E-state index contributed by atoms with van der Waals surface area (Å²) in [5.74, 6) is -0.154. The molecule has 0 radical (unpaired) electrons. The van der Waals surface area contributed by atoms with Crippen molar-refractivity contribution >= 4 is 22.8 Å². The van der Waals surface area contributed by atoms with Gasteiger partial charge in [0.25, 0.3) is 5.91 Å². The lowest BCUT2D eigenvalue weighted by Crippen LogP contribution is -2.22. The standard InChI is InChI=1S/C24H19NO5/c26-23(27)15-29-20-8-4-7-17(12-20)22-13-19-11-18(9-10-21(19)30-22)24(28)25-14-16-5-2-1-3-6-16/h1-13H,14-15H2,(H,25,28)(H,26,27). The molecule has 0 saturated heterocycles. The number of carboxylic acids is 1. The van der Waals surface area contributed by atoms with E-state index in [1.54, 1.807) is 36.4 Å². The van der Waals surface area contributed by atoms with Gasteiger partial charge in [-0.1, -0.05) is 42.5 Å². The molecule has 6 heteroatoms. The average Bonchev–Trinajstić information content (AvgIpc) is 3.20. The minimum absolute atomic E-state index is 0.160. The van der Waals surface area contributed by atoms with Crippen molar-refractivity contribution in [1.82, 2.24) is 5.32 Å². The van der Waals surface area contributed by atoms with Gasteiger partial charge in [-0.05, 0) is 42.0 Å². The van der Waals surface area contributed by atoms with Crippen LogP contribution in [0.3, 0.4) is 0 Å².